The van der Waals surface area contributed by atoms with Gasteiger partial charge >= 0.3 is 0 Å². The normalized spacial score (nSPS) is 10.7. The first-order valence-corrected chi connectivity index (χ1v) is 8.55. The third-order valence-corrected chi connectivity index (χ3v) is 4.10. The second-order valence-corrected chi connectivity index (χ2v) is 6.57. The summed E-state index contributed by atoms with van der Waals surface area (Å²) in [6, 6.07) is 15.1. The molecular weight excluding hydrogens is 375 g/mol. The molecule has 134 valence electrons. The van der Waals surface area contributed by atoms with Gasteiger partial charge in [0.05, 0.1) is 0 Å². The topological polar surface area (TPSA) is 89.9 Å². The number of aromatic nitrogens is 4. The van der Waals surface area contributed by atoms with Gasteiger partial charge < -0.3 is 10.6 Å². The minimum Gasteiger partial charge on any atom is -0.368 e. The number of carbonyl (C=O) groups is 1. The van der Waals surface area contributed by atoms with Gasteiger partial charge in [-0.05, 0) is 40.6 Å². The van der Waals surface area contributed by atoms with Crippen LogP contribution in [0.25, 0.3) is 0 Å². The highest BCUT2D eigenvalue weighted by Crippen LogP contribution is 2.18. The Bertz CT molecular complexity index is 832. The number of tetrazole rings is 1. The Balaban J connectivity index is 1.84. The molecule has 0 saturated heterocycles. The van der Waals surface area contributed by atoms with Gasteiger partial charge in [-0.2, -0.15) is 4.80 Å². The number of amides is 1. The summed E-state index contributed by atoms with van der Waals surface area (Å²) >= 11 is 11.9. The van der Waals surface area contributed by atoms with Crippen molar-refractivity contribution in [3.8, 4) is 0 Å². The number of halogens is 2. The van der Waals surface area contributed by atoms with Gasteiger partial charge in [-0.1, -0.05) is 52.6 Å². The number of hydrogen-bond acceptors (Lipinski definition) is 5. The molecule has 0 unspecified atom stereocenters. The highest BCUT2D eigenvalue weighted by molar-refractivity contribution is 6.30. The molecule has 0 spiro atoms. The predicted molar refractivity (Wildman–Crippen MR) is 99.8 cm³/mol. The van der Waals surface area contributed by atoms with Crippen LogP contribution in [-0.2, 0) is 24.4 Å². The van der Waals surface area contributed by atoms with Gasteiger partial charge in [-0.25, -0.2) is 0 Å². The molecule has 9 heteroatoms. The van der Waals surface area contributed by atoms with Crippen molar-refractivity contribution in [1.29, 1.82) is 0 Å². The van der Waals surface area contributed by atoms with Gasteiger partial charge in [0.25, 0.3) is 5.95 Å². The molecule has 3 rings (SSSR count). The molecule has 1 heterocycles. The Kier molecular flexibility index (Phi) is 5.70. The quantitative estimate of drug-likeness (QED) is 0.669. The first-order valence-electron chi connectivity index (χ1n) is 7.79. The maximum atomic E-state index is 11.0. The molecule has 0 aliphatic carbocycles. The lowest BCUT2D eigenvalue weighted by Crippen LogP contribution is -2.24. The van der Waals surface area contributed by atoms with E-state index in [1.165, 1.54) is 4.80 Å². The van der Waals surface area contributed by atoms with Crippen LogP contribution in [0.3, 0.4) is 0 Å². The second-order valence-electron chi connectivity index (χ2n) is 5.70. The van der Waals surface area contributed by atoms with E-state index in [0.717, 1.165) is 11.1 Å². The summed E-state index contributed by atoms with van der Waals surface area (Å²) in [5.74, 6) is -0.132. The maximum absolute atomic E-state index is 11.0. The van der Waals surface area contributed by atoms with Crippen LogP contribution in [0.5, 0.6) is 0 Å². The molecule has 0 aliphatic rings. The fourth-order valence-electron chi connectivity index (χ4n) is 2.39. The lowest BCUT2D eigenvalue weighted by Gasteiger charge is -2.21. The van der Waals surface area contributed by atoms with E-state index in [4.69, 9.17) is 28.9 Å². The predicted octanol–water partition coefficient (Wildman–Crippen LogP) is 2.67. The first kappa shape index (κ1) is 18.2. The van der Waals surface area contributed by atoms with Crippen molar-refractivity contribution in [2.24, 2.45) is 5.73 Å². The zero-order valence-corrected chi connectivity index (χ0v) is 15.2. The highest BCUT2D eigenvalue weighted by atomic mass is 35.5. The first-order chi connectivity index (χ1) is 12.5. The summed E-state index contributed by atoms with van der Waals surface area (Å²) in [6.07, 6.45) is 0. The van der Waals surface area contributed by atoms with E-state index in [-0.39, 0.29) is 6.54 Å². The maximum Gasteiger partial charge on any atom is 0.266 e. The van der Waals surface area contributed by atoms with E-state index in [0.29, 0.717) is 29.1 Å². The molecule has 1 aromatic heterocycles. The van der Waals surface area contributed by atoms with Crippen molar-refractivity contribution in [3.05, 3.63) is 69.7 Å². The molecule has 0 aliphatic heterocycles. The number of nitrogens with zero attached hydrogens (tertiary/aromatic N) is 5. The Morgan fingerprint density at radius 3 is 1.92 bits per heavy atom. The van der Waals surface area contributed by atoms with Gasteiger partial charge in [0.15, 0.2) is 0 Å². The second kappa shape index (κ2) is 8.16. The fraction of sp³-hybridized carbons (Fsp3) is 0.176. The number of nitrogens with two attached hydrogens (primary N) is 1. The zero-order chi connectivity index (χ0) is 18.5. The van der Waals surface area contributed by atoms with Crippen molar-refractivity contribution in [2.45, 2.75) is 19.6 Å². The number of primary amides is 1. The van der Waals surface area contributed by atoms with Crippen LogP contribution in [0.2, 0.25) is 10.0 Å². The summed E-state index contributed by atoms with van der Waals surface area (Å²) in [7, 11) is 0. The standard InChI is InChI=1S/C17H16Cl2N6O/c18-14-5-1-12(2-6-14)9-24(10-13-3-7-15(19)8-4-13)17-21-23-25(22-17)11-16(20)26/h1-8H,9-11H2,(H2,20,26). The average molecular weight is 391 g/mol. The molecule has 26 heavy (non-hydrogen) atoms. The van der Waals surface area contributed by atoms with Gasteiger partial charge in [-0.3, -0.25) is 4.79 Å². The lowest BCUT2D eigenvalue weighted by atomic mass is 10.2. The van der Waals surface area contributed by atoms with E-state index in [1.807, 2.05) is 53.4 Å². The summed E-state index contributed by atoms with van der Waals surface area (Å²) < 4.78 is 0. The van der Waals surface area contributed by atoms with E-state index >= 15 is 0 Å². The van der Waals surface area contributed by atoms with Crippen LogP contribution >= 0.6 is 23.2 Å². The number of rotatable bonds is 7. The third-order valence-electron chi connectivity index (χ3n) is 3.60. The molecule has 0 radical (unpaired) electrons. The molecule has 0 atom stereocenters. The molecule has 7 nitrogen and oxygen atoms in total. The monoisotopic (exact) mass is 390 g/mol. The van der Waals surface area contributed by atoms with Crippen molar-refractivity contribution in [1.82, 2.24) is 20.2 Å². The largest absolute Gasteiger partial charge is 0.368 e. The number of anilines is 1. The summed E-state index contributed by atoms with van der Waals surface area (Å²) in [5.41, 5.74) is 7.25. The van der Waals surface area contributed by atoms with Gasteiger partial charge in [0.1, 0.15) is 6.54 Å². The Labute approximate surface area is 160 Å². The Morgan fingerprint density at radius 2 is 1.46 bits per heavy atom. The molecular formula is C17H16Cl2N6O. The smallest absolute Gasteiger partial charge is 0.266 e. The van der Waals surface area contributed by atoms with Crippen LogP contribution in [-0.4, -0.2) is 26.1 Å². The van der Waals surface area contributed by atoms with Crippen LogP contribution in [0.1, 0.15) is 11.1 Å². The lowest BCUT2D eigenvalue weighted by molar-refractivity contribution is -0.118. The van der Waals surface area contributed by atoms with Gasteiger partial charge in [-0.15, -0.1) is 5.10 Å². The number of carbonyl (C=O) groups excluding carboxylic acids is 1. The van der Waals surface area contributed by atoms with Crippen LogP contribution in [0, 0.1) is 0 Å². The van der Waals surface area contributed by atoms with Crippen molar-refractivity contribution in [3.63, 3.8) is 0 Å². The summed E-state index contributed by atoms with van der Waals surface area (Å²) in [6.45, 7) is 0.965. The fourth-order valence-corrected chi connectivity index (χ4v) is 2.64. The molecule has 0 fully saturated rings. The molecule has 0 saturated carbocycles. The van der Waals surface area contributed by atoms with E-state index < -0.39 is 5.91 Å². The SMILES string of the molecule is NC(=O)Cn1nnc(N(Cc2ccc(Cl)cc2)Cc2ccc(Cl)cc2)n1. The molecule has 2 aromatic carbocycles. The molecule has 2 N–H and O–H groups in total. The van der Waals surface area contributed by atoms with Crippen molar-refractivity contribution in [2.75, 3.05) is 4.90 Å². The van der Waals surface area contributed by atoms with Crippen molar-refractivity contribution >= 4 is 35.1 Å². The summed E-state index contributed by atoms with van der Waals surface area (Å²) in [5, 5.41) is 13.5. The Hall–Kier alpha value is -2.64. The van der Waals surface area contributed by atoms with Crippen LogP contribution in [0.15, 0.2) is 48.5 Å². The Morgan fingerprint density at radius 1 is 0.962 bits per heavy atom. The third kappa shape index (κ3) is 4.93. The van der Waals surface area contributed by atoms with E-state index in [9.17, 15) is 4.79 Å². The highest BCUT2D eigenvalue weighted by Gasteiger charge is 2.15. The van der Waals surface area contributed by atoms with E-state index in [1.54, 1.807) is 0 Å². The molecule has 0 bridgehead atoms. The van der Waals surface area contributed by atoms with Crippen molar-refractivity contribution < 1.29 is 4.79 Å². The van der Waals surface area contributed by atoms with E-state index in [2.05, 4.69) is 15.4 Å². The number of hydrogen-bond donors (Lipinski definition) is 1. The van der Waals surface area contributed by atoms with Gasteiger partial charge in [0.2, 0.25) is 5.91 Å². The molecule has 3 aromatic rings. The van der Waals surface area contributed by atoms with Crippen LogP contribution < -0.4 is 10.6 Å². The minimum absolute atomic E-state index is 0.122. The number of benzene rings is 2. The van der Waals surface area contributed by atoms with Crippen LogP contribution in [0.4, 0.5) is 5.95 Å². The summed E-state index contributed by atoms with van der Waals surface area (Å²) in [4.78, 5) is 14.2. The minimum atomic E-state index is -0.532. The zero-order valence-electron chi connectivity index (χ0n) is 13.7. The van der Waals surface area contributed by atoms with Gasteiger partial charge in [0, 0.05) is 23.1 Å². The molecule has 1 amide bonds. The average Bonchev–Trinajstić information content (AvgIpc) is 3.06.